The second kappa shape index (κ2) is 5.83. The minimum atomic E-state index is -0.720. The molecule has 1 aromatic rings. The molecule has 1 aromatic carbocycles. The number of hydrogen-bond donors (Lipinski definition) is 0. The molecule has 2 heteroatoms. The van der Waals surface area contributed by atoms with Crippen LogP contribution in [0, 0.1) is 13.8 Å². The predicted octanol–water partition coefficient (Wildman–Crippen LogP) is 5.04. The van der Waals surface area contributed by atoms with Gasteiger partial charge < -0.3 is 0 Å². The standard InChI is InChI=1S/C8H10.C6H18Si2/c1-7-5-3-4-6-8(7)2;1-7(2,3)8(4,5)6/h3-6H,1-2H3;1-6H3. The summed E-state index contributed by atoms with van der Waals surface area (Å²) in [4.78, 5) is 0. The van der Waals surface area contributed by atoms with Gasteiger partial charge in [0, 0.05) is 15.2 Å². The summed E-state index contributed by atoms with van der Waals surface area (Å²) in [5, 5.41) is 0. The second-order valence-corrected chi connectivity index (χ2v) is 24.6. The van der Waals surface area contributed by atoms with Crippen molar-refractivity contribution in [1.29, 1.82) is 0 Å². The molecule has 0 radical (unpaired) electrons. The smallest absolute Gasteiger partial charge is 0.0379 e. The normalized spacial score (nSPS) is 11.8. The Morgan fingerprint density at radius 2 is 0.875 bits per heavy atom. The summed E-state index contributed by atoms with van der Waals surface area (Å²) in [6.45, 7) is 19.1. The average Bonchev–Trinajstić information content (AvgIpc) is 2.08. The van der Waals surface area contributed by atoms with Crippen LogP contribution in [0.5, 0.6) is 0 Å². The minimum absolute atomic E-state index is 0.720. The van der Waals surface area contributed by atoms with E-state index in [1.807, 2.05) is 0 Å². The molecule has 0 saturated heterocycles. The van der Waals surface area contributed by atoms with E-state index in [4.69, 9.17) is 0 Å². The molecule has 0 atom stereocenters. The fourth-order valence-corrected chi connectivity index (χ4v) is 0.663. The van der Waals surface area contributed by atoms with Gasteiger partial charge in [0.25, 0.3) is 0 Å². The molecule has 16 heavy (non-hydrogen) atoms. The maximum atomic E-state index is 2.47. The lowest BCUT2D eigenvalue weighted by Crippen LogP contribution is -2.49. The summed E-state index contributed by atoms with van der Waals surface area (Å²) < 4.78 is 0. The Morgan fingerprint density at radius 1 is 0.625 bits per heavy atom. The predicted molar refractivity (Wildman–Crippen MR) is 82.6 cm³/mol. The average molecular weight is 253 g/mol. The van der Waals surface area contributed by atoms with Gasteiger partial charge in [0.1, 0.15) is 0 Å². The SMILES string of the molecule is C[Si](C)(C)[Si](C)(C)C.Cc1ccccc1C. The van der Waals surface area contributed by atoms with Gasteiger partial charge in [0.15, 0.2) is 0 Å². The van der Waals surface area contributed by atoms with Crippen molar-refractivity contribution in [2.45, 2.75) is 53.1 Å². The highest BCUT2D eigenvalue weighted by atomic mass is 29.3. The monoisotopic (exact) mass is 252 g/mol. The number of hydrogen-bond acceptors (Lipinski definition) is 0. The van der Waals surface area contributed by atoms with Crippen molar-refractivity contribution in [3.63, 3.8) is 0 Å². The highest BCUT2D eigenvalue weighted by Gasteiger charge is 2.31. The van der Waals surface area contributed by atoms with Crippen molar-refractivity contribution in [2.24, 2.45) is 0 Å². The third kappa shape index (κ3) is 5.66. The Morgan fingerprint density at radius 3 is 1.00 bits per heavy atom. The van der Waals surface area contributed by atoms with Crippen LogP contribution in [0.25, 0.3) is 0 Å². The van der Waals surface area contributed by atoms with E-state index in [0.29, 0.717) is 0 Å². The highest BCUT2D eigenvalue weighted by Crippen LogP contribution is 2.17. The quantitative estimate of drug-likeness (QED) is 0.614. The van der Waals surface area contributed by atoms with E-state index in [9.17, 15) is 0 Å². The Kier molecular flexibility index (Phi) is 5.70. The van der Waals surface area contributed by atoms with E-state index < -0.39 is 15.2 Å². The molecule has 0 saturated carbocycles. The fourth-order valence-electron chi connectivity index (χ4n) is 0.663. The van der Waals surface area contributed by atoms with Gasteiger partial charge in [-0.15, -0.1) is 0 Å². The lowest BCUT2D eigenvalue weighted by molar-refractivity contribution is 1.34. The van der Waals surface area contributed by atoms with Gasteiger partial charge in [-0.2, -0.15) is 0 Å². The van der Waals surface area contributed by atoms with E-state index in [1.54, 1.807) is 0 Å². The van der Waals surface area contributed by atoms with E-state index in [-0.39, 0.29) is 0 Å². The topological polar surface area (TPSA) is 0 Å². The number of rotatable bonds is 1. The molecular formula is C14H28Si2. The van der Waals surface area contributed by atoms with E-state index in [0.717, 1.165) is 0 Å². The van der Waals surface area contributed by atoms with Gasteiger partial charge >= 0.3 is 0 Å². The summed E-state index contributed by atoms with van der Waals surface area (Å²) in [5.74, 6) is 0. The van der Waals surface area contributed by atoms with Crippen LogP contribution in [-0.2, 0) is 0 Å². The van der Waals surface area contributed by atoms with Crippen LogP contribution in [0.4, 0.5) is 0 Å². The summed E-state index contributed by atoms with van der Waals surface area (Å²) in [7, 11) is -1.44. The molecule has 0 nitrogen and oxygen atoms in total. The van der Waals surface area contributed by atoms with Crippen LogP contribution in [0.1, 0.15) is 11.1 Å². The molecule has 1 rings (SSSR count). The van der Waals surface area contributed by atoms with Crippen molar-refractivity contribution >= 4 is 15.2 Å². The molecule has 0 bridgehead atoms. The highest BCUT2D eigenvalue weighted by molar-refractivity contribution is 7.39. The van der Waals surface area contributed by atoms with Crippen molar-refractivity contribution in [3.8, 4) is 0 Å². The van der Waals surface area contributed by atoms with Gasteiger partial charge in [0.05, 0.1) is 0 Å². The van der Waals surface area contributed by atoms with Crippen LogP contribution < -0.4 is 0 Å². The Bertz CT molecular complexity index is 283. The Balaban J connectivity index is 0.000000281. The molecule has 0 N–H and O–H groups in total. The summed E-state index contributed by atoms with van der Waals surface area (Å²) in [5.41, 5.74) is 2.74. The zero-order valence-electron chi connectivity index (χ0n) is 12.3. The maximum Gasteiger partial charge on any atom is 0.0379 e. The molecule has 92 valence electrons. The van der Waals surface area contributed by atoms with Crippen LogP contribution in [0.2, 0.25) is 39.3 Å². The van der Waals surface area contributed by atoms with Crippen molar-refractivity contribution in [2.75, 3.05) is 0 Å². The van der Waals surface area contributed by atoms with Gasteiger partial charge in [-0.05, 0) is 25.0 Å². The first kappa shape index (κ1) is 15.7. The van der Waals surface area contributed by atoms with E-state index >= 15 is 0 Å². The van der Waals surface area contributed by atoms with Crippen LogP contribution in [0.15, 0.2) is 24.3 Å². The largest absolute Gasteiger partial charge is 0.0715 e. The van der Waals surface area contributed by atoms with Crippen molar-refractivity contribution < 1.29 is 0 Å². The number of benzene rings is 1. The summed E-state index contributed by atoms with van der Waals surface area (Å²) in [6.07, 6.45) is 0. The maximum absolute atomic E-state index is 2.47. The molecular weight excluding hydrogens is 224 g/mol. The van der Waals surface area contributed by atoms with Gasteiger partial charge in [-0.1, -0.05) is 63.5 Å². The zero-order valence-corrected chi connectivity index (χ0v) is 14.3. The van der Waals surface area contributed by atoms with Crippen LogP contribution in [0.3, 0.4) is 0 Å². The fraction of sp³-hybridized carbons (Fsp3) is 0.571. The molecule has 0 aliphatic carbocycles. The zero-order chi connectivity index (χ0) is 13.0. The molecule has 0 heterocycles. The summed E-state index contributed by atoms with van der Waals surface area (Å²) >= 11 is 0. The van der Waals surface area contributed by atoms with Crippen molar-refractivity contribution in [3.05, 3.63) is 35.4 Å². The summed E-state index contributed by atoms with van der Waals surface area (Å²) in [6, 6.07) is 8.36. The Hall–Kier alpha value is -0.346. The molecule has 0 aliphatic rings. The lowest BCUT2D eigenvalue weighted by Gasteiger charge is -2.30. The molecule has 0 amide bonds. The second-order valence-electron chi connectivity index (χ2n) is 6.58. The van der Waals surface area contributed by atoms with Crippen LogP contribution in [-0.4, -0.2) is 15.2 Å². The lowest BCUT2D eigenvalue weighted by atomic mass is 10.1. The van der Waals surface area contributed by atoms with Crippen molar-refractivity contribution in [1.82, 2.24) is 0 Å². The van der Waals surface area contributed by atoms with E-state index in [2.05, 4.69) is 77.4 Å². The van der Waals surface area contributed by atoms with Gasteiger partial charge in [-0.3, -0.25) is 0 Å². The van der Waals surface area contributed by atoms with Gasteiger partial charge in [0.2, 0.25) is 0 Å². The first-order valence-corrected chi connectivity index (χ1v) is 14.1. The molecule has 0 spiro atoms. The minimum Gasteiger partial charge on any atom is -0.0715 e. The molecule has 0 aromatic heterocycles. The first-order chi connectivity index (χ1) is 7.05. The number of aryl methyl sites for hydroxylation is 2. The first-order valence-electron chi connectivity index (χ1n) is 6.08. The molecule has 0 unspecified atom stereocenters. The third-order valence-electron chi connectivity index (χ3n) is 3.68. The third-order valence-corrected chi connectivity index (χ3v) is 21.7. The Labute approximate surface area is 104 Å². The van der Waals surface area contributed by atoms with Gasteiger partial charge in [-0.25, -0.2) is 0 Å². The van der Waals surface area contributed by atoms with Crippen LogP contribution >= 0.6 is 0 Å². The van der Waals surface area contributed by atoms with E-state index in [1.165, 1.54) is 11.1 Å². The molecule has 0 fully saturated rings. The molecule has 0 aliphatic heterocycles.